The molecule has 2 aromatic heterocycles. The van der Waals surface area contributed by atoms with Crippen molar-refractivity contribution in [2.45, 2.75) is 77.3 Å². The van der Waals surface area contributed by atoms with Crippen molar-refractivity contribution in [1.29, 1.82) is 5.41 Å². The summed E-state index contributed by atoms with van der Waals surface area (Å²) < 4.78 is 4.59. The number of rotatable bonds is 6. The van der Waals surface area contributed by atoms with E-state index in [1.807, 2.05) is 6.33 Å². The van der Waals surface area contributed by atoms with Gasteiger partial charge in [-0.15, -0.1) is 0 Å². The van der Waals surface area contributed by atoms with Crippen LogP contribution < -0.4 is 5.49 Å². The molecule has 2 aliphatic carbocycles. The summed E-state index contributed by atoms with van der Waals surface area (Å²) in [4.78, 5) is 5.11. The summed E-state index contributed by atoms with van der Waals surface area (Å²) in [6, 6.07) is 21.5. The molecule has 2 heterocycles. The smallest absolute Gasteiger partial charge is 0.146 e. The van der Waals surface area contributed by atoms with E-state index in [1.165, 1.54) is 86.6 Å². The SMILES string of the molecule is N=c1c2c(-c3ccccc3)c(-c3ccccc3)n(CC3CCCCC3)c2ncn1CC1CCCCC1. The van der Waals surface area contributed by atoms with Crippen LogP contribution in [0.4, 0.5) is 0 Å². The number of hydrogen-bond acceptors (Lipinski definition) is 2. The number of aromatic nitrogens is 3. The minimum absolute atomic E-state index is 0.615. The van der Waals surface area contributed by atoms with Gasteiger partial charge in [0.05, 0.1) is 17.4 Å². The molecule has 0 saturated heterocycles. The lowest BCUT2D eigenvalue weighted by Crippen LogP contribution is -2.26. The highest BCUT2D eigenvalue weighted by molar-refractivity contribution is 6.02. The average molecular weight is 479 g/mol. The van der Waals surface area contributed by atoms with Crippen LogP contribution in [0.15, 0.2) is 67.0 Å². The monoisotopic (exact) mass is 478 g/mol. The van der Waals surface area contributed by atoms with Crippen molar-refractivity contribution in [1.82, 2.24) is 14.1 Å². The Labute approximate surface area is 214 Å². The van der Waals surface area contributed by atoms with Gasteiger partial charge in [0.1, 0.15) is 11.1 Å². The lowest BCUT2D eigenvalue weighted by molar-refractivity contribution is 0.313. The molecule has 0 amide bonds. The summed E-state index contributed by atoms with van der Waals surface area (Å²) in [6.45, 7) is 1.89. The molecule has 0 spiro atoms. The molecule has 4 aromatic rings. The summed E-state index contributed by atoms with van der Waals surface area (Å²) in [5.74, 6) is 1.33. The van der Waals surface area contributed by atoms with Crippen LogP contribution in [-0.4, -0.2) is 14.1 Å². The Morgan fingerprint density at radius 2 is 1.25 bits per heavy atom. The van der Waals surface area contributed by atoms with Gasteiger partial charge in [0, 0.05) is 18.7 Å². The first-order chi connectivity index (χ1) is 17.8. The predicted octanol–water partition coefficient (Wildman–Crippen LogP) is 7.81. The Morgan fingerprint density at radius 1 is 0.694 bits per heavy atom. The van der Waals surface area contributed by atoms with Crippen LogP contribution in [0.1, 0.15) is 64.2 Å². The molecular weight excluding hydrogens is 440 g/mol. The van der Waals surface area contributed by atoms with Crippen molar-refractivity contribution in [3.63, 3.8) is 0 Å². The summed E-state index contributed by atoms with van der Waals surface area (Å²) in [5.41, 5.74) is 6.37. The number of fused-ring (bicyclic) bond motifs is 1. The lowest BCUT2D eigenvalue weighted by Gasteiger charge is -2.24. The molecule has 0 aliphatic heterocycles. The summed E-state index contributed by atoms with van der Waals surface area (Å²) in [7, 11) is 0. The zero-order valence-electron chi connectivity index (χ0n) is 21.3. The third-order valence-electron chi connectivity index (χ3n) is 8.53. The van der Waals surface area contributed by atoms with E-state index in [9.17, 15) is 5.41 Å². The Morgan fingerprint density at radius 3 is 1.86 bits per heavy atom. The first-order valence-corrected chi connectivity index (χ1v) is 14.1. The van der Waals surface area contributed by atoms with E-state index in [2.05, 4.69) is 69.8 Å². The maximum absolute atomic E-state index is 9.45. The van der Waals surface area contributed by atoms with Gasteiger partial charge in [-0.05, 0) is 48.6 Å². The van der Waals surface area contributed by atoms with Gasteiger partial charge >= 0.3 is 0 Å². The quantitative estimate of drug-likeness (QED) is 0.302. The van der Waals surface area contributed by atoms with Crippen molar-refractivity contribution in [2.75, 3.05) is 0 Å². The lowest BCUT2D eigenvalue weighted by atomic mass is 9.89. The Hall–Kier alpha value is -3.14. The van der Waals surface area contributed by atoms with E-state index in [1.54, 1.807) is 0 Å². The van der Waals surface area contributed by atoms with Gasteiger partial charge in [-0.3, -0.25) is 5.41 Å². The molecule has 0 unspecified atom stereocenters. The first-order valence-electron chi connectivity index (χ1n) is 14.1. The molecule has 2 saturated carbocycles. The Balaban J connectivity index is 1.58. The van der Waals surface area contributed by atoms with Crippen LogP contribution in [0, 0.1) is 17.2 Å². The molecule has 4 nitrogen and oxygen atoms in total. The number of hydrogen-bond donors (Lipinski definition) is 1. The first kappa shape index (κ1) is 23.3. The summed E-state index contributed by atoms with van der Waals surface area (Å²) in [6.07, 6.45) is 15.1. The maximum Gasteiger partial charge on any atom is 0.146 e. The van der Waals surface area contributed by atoms with Crippen molar-refractivity contribution in [2.24, 2.45) is 11.8 Å². The molecule has 2 aromatic carbocycles. The van der Waals surface area contributed by atoms with Gasteiger partial charge in [0.2, 0.25) is 0 Å². The van der Waals surface area contributed by atoms with Gasteiger partial charge in [0.15, 0.2) is 0 Å². The van der Waals surface area contributed by atoms with Gasteiger partial charge < -0.3 is 9.13 Å². The van der Waals surface area contributed by atoms with Crippen LogP contribution >= 0.6 is 0 Å². The predicted molar refractivity (Wildman–Crippen MR) is 148 cm³/mol. The molecule has 4 heteroatoms. The highest BCUT2D eigenvalue weighted by atomic mass is 15.1. The molecule has 6 rings (SSSR count). The van der Waals surface area contributed by atoms with Crippen molar-refractivity contribution < 1.29 is 0 Å². The van der Waals surface area contributed by atoms with Crippen LogP contribution in [-0.2, 0) is 13.1 Å². The highest BCUT2D eigenvalue weighted by Gasteiger charge is 2.26. The second-order valence-electron chi connectivity index (χ2n) is 11.0. The molecule has 2 aliphatic rings. The molecule has 186 valence electrons. The van der Waals surface area contributed by atoms with Crippen LogP contribution in [0.2, 0.25) is 0 Å². The molecule has 0 radical (unpaired) electrons. The largest absolute Gasteiger partial charge is 0.324 e. The second-order valence-corrected chi connectivity index (χ2v) is 11.0. The van der Waals surface area contributed by atoms with Crippen molar-refractivity contribution in [3.05, 3.63) is 72.5 Å². The zero-order valence-corrected chi connectivity index (χ0v) is 21.3. The zero-order chi connectivity index (χ0) is 24.3. The third kappa shape index (κ3) is 4.54. The minimum atomic E-state index is 0.615. The van der Waals surface area contributed by atoms with Crippen LogP contribution in [0.5, 0.6) is 0 Å². The molecule has 1 N–H and O–H groups in total. The topological polar surface area (TPSA) is 46.6 Å². The van der Waals surface area contributed by atoms with E-state index in [0.29, 0.717) is 17.3 Å². The average Bonchev–Trinajstić information content (AvgIpc) is 3.27. The second kappa shape index (κ2) is 10.5. The fourth-order valence-corrected chi connectivity index (χ4v) is 6.66. The summed E-state index contributed by atoms with van der Waals surface area (Å²) in [5, 5.41) is 10.5. The normalized spacial score (nSPS) is 17.6. The standard InChI is InChI=1S/C32H38N4/c33-31-29-28(26-17-9-3-10-18-26)30(27-19-11-4-12-20-27)36(22-25-15-7-2-8-16-25)32(29)34-23-35(31)21-24-13-5-1-6-14-24/h3-4,9-12,17-20,23-25,33H,1-2,5-8,13-16,21-22H2. The molecular formula is C32H38N4. The van der Waals surface area contributed by atoms with Gasteiger partial charge in [-0.1, -0.05) is 99.2 Å². The maximum atomic E-state index is 9.45. The van der Waals surface area contributed by atoms with Gasteiger partial charge in [0.25, 0.3) is 0 Å². The Kier molecular flexibility index (Phi) is 6.76. The van der Waals surface area contributed by atoms with Crippen LogP contribution in [0.25, 0.3) is 33.4 Å². The molecule has 36 heavy (non-hydrogen) atoms. The van der Waals surface area contributed by atoms with E-state index >= 15 is 0 Å². The third-order valence-corrected chi connectivity index (χ3v) is 8.53. The summed E-state index contributed by atoms with van der Waals surface area (Å²) >= 11 is 0. The highest BCUT2D eigenvalue weighted by Crippen LogP contribution is 2.40. The fraction of sp³-hybridized carbons (Fsp3) is 0.438. The molecule has 0 bridgehead atoms. The number of nitrogens with one attached hydrogen (secondary N) is 1. The fourth-order valence-electron chi connectivity index (χ4n) is 6.66. The van der Waals surface area contributed by atoms with Crippen molar-refractivity contribution >= 4 is 11.0 Å². The number of nitrogens with zero attached hydrogens (tertiary/aromatic N) is 3. The molecule has 2 fully saturated rings. The van der Waals surface area contributed by atoms with Crippen LogP contribution in [0.3, 0.4) is 0 Å². The van der Waals surface area contributed by atoms with Gasteiger partial charge in [-0.2, -0.15) is 0 Å². The minimum Gasteiger partial charge on any atom is -0.324 e. The van der Waals surface area contributed by atoms with Gasteiger partial charge in [-0.25, -0.2) is 4.98 Å². The van der Waals surface area contributed by atoms with E-state index in [-0.39, 0.29) is 0 Å². The van der Waals surface area contributed by atoms with E-state index < -0.39 is 0 Å². The Bertz CT molecular complexity index is 1350. The molecule has 0 atom stereocenters. The van der Waals surface area contributed by atoms with E-state index in [4.69, 9.17) is 4.98 Å². The number of benzene rings is 2. The van der Waals surface area contributed by atoms with Crippen molar-refractivity contribution in [3.8, 4) is 22.4 Å². The van der Waals surface area contributed by atoms with E-state index in [0.717, 1.165) is 24.1 Å².